The molecule has 0 bridgehead atoms. The molecule has 2 aromatic heterocycles. The second-order valence-corrected chi connectivity index (χ2v) is 8.23. The molecule has 0 aliphatic carbocycles. The van der Waals surface area contributed by atoms with E-state index in [1.807, 2.05) is 0 Å². The van der Waals surface area contributed by atoms with Crippen molar-refractivity contribution in [3.8, 4) is 0 Å². The molecule has 0 amide bonds. The highest BCUT2D eigenvalue weighted by Crippen LogP contribution is 2.30. The van der Waals surface area contributed by atoms with Gasteiger partial charge in [0, 0.05) is 32.7 Å². The van der Waals surface area contributed by atoms with Crippen molar-refractivity contribution in [2.24, 2.45) is 5.92 Å². The number of aryl methyl sites for hydroxylation is 1. The Labute approximate surface area is 161 Å². The number of ether oxygens (including phenoxy) is 1. The first-order valence-electron chi connectivity index (χ1n) is 10.4. The maximum Gasteiger partial charge on any atom is 0.163 e. The van der Waals surface area contributed by atoms with Gasteiger partial charge in [-0.2, -0.15) is 5.10 Å². The van der Waals surface area contributed by atoms with Crippen molar-refractivity contribution < 1.29 is 4.74 Å². The molecule has 2 saturated heterocycles. The minimum atomic E-state index is 0.459. The highest BCUT2D eigenvalue weighted by Gasteiger charge is 2.31. The van der Waals surface area contributed by atoms with Crippen molar-refractivity contribution in [3.05, 3.63) is 12.0 Å². The predicted octanol–water partition coefficient (Wildman–Crippen LogP) is 2.35. The average molecular weight is 373 g/mol. The Morgan fingerprint density at radius 2 is 2.11 bits per heavy atom. The molecule has 1 unspecified atom stereocenters. The highest BCUT2D eigenvalue weighted by atomic mass is 16.5. The molecule has 27 heavy (non-hydrogen) atoms. The Morgan fingerprint density at radius 1 is 1.22 bits per heavy atom. The molecular weight excluding hydrogens is 340 g/mol. The molecular formula is C20H32N6O. The van der Waals surface area contributed by atoms with Crippen molar-refractivity contribution in [2.75, 3.05) is 44.3 Å². The third-order valence-corrected chi connectivity index (χ3v) is 5.64. The van der Waals surface area contributed by atoms with Gasteiger partial charge in [0.2, 0.25) is 0 Å². The molecule has 2 aromatic rings. The number of aromatic nitrogens is 4. The second kappa shape index (κ2) is 8.10. The number of unbranched alkanes of at least 4 members (excludes halogenated alkanes) is 1. The summed E-state index contributed by atoms with van der Waals surface area (Å²) >= 11 is 0. The number of anilines is 1. The van der Waals surface area contributed by atoms with E-state index in [2.05, 4.69) is 40.2 Å². The number of hydrogen-bond acceptors (Lipinski definition) is 6. The van der Waals surface area contributed by atoms with E-state index in [9.17, 15) is 0 Å². The Kier molecular flexibility index (Phi) is 5.59. The zero-order valence-corrected chi connectivity index (χ0v) is 16.9. The summed E-state index contributed by atoms with van der Waals surface area (Å²) in [5.41, 5.74) is 2.14. The van der Waals surface area contributed by atoms with Gasteiger partial charge < -0.3 is 9.64 Å². The van der Waals surface area contributed by atoms with Crippen LogP contribution in [-0.2, 0) is 17.7 Å². The lowest BCUT2D eigenvalue weighted by Gasteiger charge is -2.44. The second-order valence-electron chi connectivity index (χ2n) is 8.23. The van der Waals surface area contributed by atoms with E-state index in [1.165, 1.54) is 0 Å². The standard InChI is InChI=1S/C20H32N6O/c1-4-5-6-26-20-18(17(23-26)11-15(2)3)19(21-14-22-20)25-8-7-24-9-10-27-13-16(24)12-25/h14-16H,4-13H2,1-3H3. The lowest BCUT2D eigenvalue weighted by molar-refractivity contribution is -0.0117. The third kappa shape index (κ3) is 3.80. The average Bonchev–Trinajstić information content (AvgIpc) is 3.03. The first-order chi connectivity index (χ1) is 13.2. The third-order valence-electron chi connectivity index (χ3n) is 5.64. The van der Waals surface area contributed by atoms with Gasteiger partial charge in [0.1, 0.15) is 12.1 Å². The fourth-order valence-corrected chi connectivity index (χ4v) is 4.24. The number of hydrogen-bond donors (Lipinski definition) is 0. The van der Waals surface area contributed by atoms with Gasteiger partial charge >= 0.3 is 0 Å². The molecule has 2 aliphatic heterocycles. The van der Waals surface area contributed by atoms with Crippen LogP contribution in [0.4, 0.5) is 5.82 Å². The van der Waals surface area contributed by atoms with E-state index in [0.717, 1.165) is 87.7 Å². The fraction of sp³-hybridized carbons (Fsp3) is 0.750. The molecule has 7 nitrogen and oxygen atoms in total. The minimum Gasteiger partial charge on any atom is -0.378 e. The summed E-state index contributed by atoms with van der Waals surface area (Å²) in [5.74, 6) is 1.61. The Morgan fingerprint density at radius 3 is 2.93 bits per heavy atom. The van der Waals surface area contributed by atoms with E-state index in [-0.39, 0.29) is 0 Å². The molecule has 148 valence electrons. The van der Waals surface area contributed by atoms with E-state index in [0.29, 0.717) is 12.0 Å². The largest absolute Gasteiger partial charge is 0.378 e. The lowest BCUT2D eigenvalue weighted by atomic mass is 10.1. The molecule has 0 radical (unpaired) electrons. The summed E-state index contributed by atoms with van der Waals surface area (Å²) in [6, 6.07) is 0.459. The number of fused-ring (bicyclic) bond motifs is 2. The summed E-state index contributed by atoms with van der Waals surface area (Å²) in [6.45, 7) is 13.4. The van der Waals surface area contributed by atoms with Crippen molar-refractivity contribution in [1.29, 1.82) is 0 Å². The van der Waals surface area contributed by atoms with Crippen molar-refractivity contribution in [1.82, 2.24) is 24.6 Å². The molecule has 0 saturated carbocycles. The van der Waals surface area contributed by atoms with Crippen LogP contribution in [0.1, 0.15) is 39.3 Å². The van der Waals surface area contributed by atoms with Crippen LogP contribution in [0.15, 0.2) is 6.33 Å². The molecule has 4 heterocycles. The van der Waals surface area contributed by atoms with Crippen LogP contribution in [0.25, 0.3) is 11.0 Å². The maximum atomic E-state index is 5.72. The summed E-state index contributed by atoms with van der Waals surface area (Å²) in [7, 11) is 0. The van der Waals surface area contributed by atoms with Crippen LogP contribution in [0, 0.1) is 5.92 Å². The fourth-order valence-electron chi connectivity index (χ4n) is 4.24. The quantitative estimate of drug-likeness (QED) is 0.776. The molecule has 0 aromatic carbocycles. The summed E-state index contributed by atoms with van der Waals surface area (Å²) in [5, 5.41) is 6.12. The van der Waals surface area contributed by atoms with Crippen molar-refractivity contribution in [3.63, 3.8) is 0 Å². The van der Waals surface area contributed by atoms with Crippen LogP contribution < -0.4 is 4.90 Å². The Bertz CT molecular complexity index is 773. The van der Waals surface area contributed by atoms with Gasteiger partial charge in [-0.05, 0) is 18.8 Å². The molecule has 2 fully saturated rings. The SMILES string of the molecule is CCCCn1nc(CC(C)C)c2c(N3CCN4CCOCC4C3)ncnc21. The predicted molar refractivity (Wildman–Crippen MR) is 107 cm³/mol. The van der Waals surface area contributed by atoms with Gasteiger partial charge in [-0.1, -0.05) is 27.2 Å². The topological polar surface area (TPSA) is 59.3 Å². The number of nitrogens with zero attached hydrogens (tertiary/aromatic N) is 6. The van der Waals surface area contributed by atoms with Crippen LogP contribution in [0.3, 0.4) is 0 Å². The summed E-state index contributed by atoms with van der Waals surface area (Å²) in [4.78, 5) is 14.3. The van der Waals surface area contributed by atoms with Gasteiger partial charge in [-0.15, -0.1) is 0 Å². The van der Waals surface area contributed by atoms with Crippen LogP contribution in [-0.4, -0.2) is 70.1 Å². The van der Waals surface area contributed by atoms with Crippen molar-refractivity contribution >= 4 is 16.9 Å². The van der Waals surface area contributed by atoms with E-state index in [1.54, 1.807) is 6.33 Å². The van der Waals surface area contributed by atoms with E-state index < -0.39 is 0 Å². The number of piperazine rings is 1. The lowest BCUT2D eigenvalue weighted by Crippen LogP contribution is -2.58. The normalized spacial score (nSPS) is 21.2. The molecule has 0 spiro atoms. The summed E-state index contributed by atoms with van der Waals surface area (Å²) in [6.07, 6.45) is 4.95. The monoisotopic (exact) mass is 372 g/mol. The van der Waals surface area contributed by atoms with Gasteiger partial charge in [0.05, 0.1) is 30.3 Å². The molecule has 7 heteroatoms. The molecule has 1 atom stereocenters. The molecule has 0 N–H and O–H groups in total. The van der Waals surface area contributed by atoms with Gasteiger partial charge in [-0.25, -0.2) is 14.6 Å². The highest BCUT2D eigenvalue weighted by molar-refractivity contribution is 5.90. The van der Waals surface area contributed by atoms with Gasteiger partial charge in [0.15, 0.2) is 5.65 Å². The zero-order valence-electron chi connectivity index (χ0n) is 16.9. The first-order valence-corrected chi connectivity index (χ1v) is 10.4. The summed E-state index contributed by atoms with van der Waals surface area (Å²) < 4.78 is 7.82. The van der Waals surface area contributed by atoms with E-state index >= 15 is 0 Å². The minimum absolute atomic E-state index is 0.459. The van der Waals surface area contributed by atoms with Gasteiger partial charge in [0.25, 0.3) is 0 Å². The van der Waals surface area contributed by atoms with Crippen LogP contribution >= 0.6 is 0 Å². The van der Waals surface area contributed by atoms with Gasteiger partial charge in [-0.3, -0.25) is 4.90 Å². The van der Waals surface area contributed by atoms with Crippen LogP contribution in [0.2, 0.25) is 0 Å². The molecule has 2 aliphatic rings. The molecule has 4 rings (SSSR count). The van der Waals surface area contributed by atoms with Crippen molar-refractivity contribution in [2.45, 2.75) is 52.6 Å². The maximum absolute atomic E-state index is 5.72. The Hall–Kier alpha value is -1.73. The number of morpholine rings is 1. The first kappa shape index (κ1) is 18.6. The van der Waals surface area contributed by atoms with E-state index in [4.69, 9.17) is 14.8 Å². The zero-order chi connectivity index (χ0) is 18.8. The van der Waals surface area contributed by atoms with Crippen LogP contribution in [0.5, 0.6) is 0 Å². The number of rotatable bonds is 6. The Balaban J connectivity index is 1.70. The smallest absolute Gasteiger partial charge is 0.163 e.